The zero-order valence-corrected chi connectivity index (χ0v) is 14.7. The van der Waals surface area contributed by atoms with Crippen molar-refractivity contribution in [3.05, 3.63) is 64.3 Å². The molecule has 4 heterocycles. The predicted molar refractivity (Wildman–Crippen MR) is 92.1 cm³/mol. The van der Waals surface area contributed by atoms with Gasteiger partial charge in [0.25, 0.3) is 0 Å². The number of fused-ring (bicyclic) bond motifs is 1. The van der Waals surface area contributed by atoms with Gasteiger partial charge in [-0.05, 0) is 13.0 Å². The van der Waals surface area contributed by atoms with Crippen LogP contribution in [0.3, 0.4) is 0 Å². The Morgan fingerprint density at radius 1 is 1.26 bits per heavy atom. The number of ether oxygens (including phenoxy) is 1. The number of carbonyl (C=O) groups is 1. The van der Waals surface area contributed by atoms with E-state index < -0.39 is 11.8 Å². The van der Waals surface area contributed by atoms with Gasteiger partial charge < -0.3 is 4.74 Å². The zero-order chi connectivity index (χ0) is 19.0. The second kappa shape index (κ2) is 6.80. The molecule has 7 nitrogen and oxygen atoms in total. The number of pyridine rings is 2. The first-order valence-electron chi connectivity index (χ1n) is 7.76. The molecule has 0 radical (unpaired) electrons. The molecule has 4 aromatic heterocycles. The Morgan fingerprint density at radius 3 is 2.85 bits per heavy atom. The number of ketones is 1. The number of hydrogen-bond acceptors (Lipinski definition) is 7. The third kappa shape index (κ3) is 3.51. The molecule has 0 fully saturated rings. The molecule has 10 heteroatoms. The summed E-state index contributed by atoms with van der Waals surface area (Å²) in [5.74, 6) is -2.37. The monoisotopic (exact) mass is 387 g/mol. The van der Waals surface area contributed by atoms with Crippen molar-refractivity contribution in [2.24, 2.45) is 0 Å². The number of aromatic nitrogens is 5. The molecule has 0 N–H and O–H groups in total. The van der Waals surface area contributed by atoms with Gasteiger partial charge in [0, 0.05) is 17.1 Å². The van der Waals surface area contributed by atoms with Crippen LogP contribution >= 0.6 is 11.3 Å². The SMILES string of the molecule is Cc1csc(CC(=O)c2cc(Oc3cnc(F)c(F)c3)cn3ncnc23)n1. The lowest BCUT2D eigenvalue weighted by Crippen LogP contribution is -2.07. The van der Waals surface area contributed by atoms with Crippen molar-refractivity contribution in [1.82, 2.24) is 24.6 Å². The van der Waals surface area contributed by atoms with Crippen LogP contribution < -0.4 is 4.74 Å². The van der Waals surface area contributed by atoms with E-state index in [-0.39, 0.29) is 29.3 Å². The first-order chi connectivity index (χ1) is 13.0. The molecule has 4 aromatic rings. The first kappa shape index (κ1) is 17.2. The van der Waals surface area contributed by atoms with Crippen LogP contribution in [-0.2, 0) is 6.42 Å². The Morgan fingerprint density at radius 2 is 2.11 bits per heavy atom. The van der Waals surface area contributed by atoms with E-state index in [2.05, 4.69) is 20.1 Å². The molecule has 0 amide bonds. The van der Waals surface area contributed by atoms with Crippen molar-refractivity contribution in [3.8, 4) is 11.5 Å². The van der Waals surface area contributed by atoms with Crippen molar-refractivity contribution in [3.63, 3.8) is 0 Å². The maximum Gasteiger partial charge on any atom is 0.249 e. The molecule has 0 saturated carbocycles. The minimum absolute atomic E-state index is 0.0117. The lowest BCUT2D eigenvalue weighted by atomic mass is 10.1. The van der Waals surface area contributed by atoms with Crippen molar-refractivity contribution < 1.29 is 18.3 Å². The number of halogens is 2. The molecule has 0 atom stereocenters. The highest BCUT2D eigenvalue weighted by Gasteiger charge is 2.17. The van der Waals surface area contributed by atoms with Gasteiger partial charge in [-0.15, -0.1) is 11.3 Å². The van der Waals surface area contributed by atoms with Gasteiger partial charge in [-0.1, -0.05) is 0 Å². The number of rotatable bonds is 5. The number of aryl methyl sites for hydroxylation is 1. The largest absolute Gasteiger partial charge is 0.454 e. The standard InChI is InChI=1S/C17H11F2N5O2S/c1-9-7-27-15(23-9)4-14(25)12-2-11(6-24-17(12)21-8-22-24)26-10-3-13(18)16(19)20-5-10/h2-3,5-8H,4H2,1H3. The summed E-state index contributed by atoms with van der Waals surface area (Å²) in [6.45, 7) is 1.85. The van der Waals surface area contributed by atoms with Crippen LogP contribution in [0.1, 0.15) is 21.1 Å². The van der Waals surface area contributed by atoms with Gasteiger partial charge in [0.2, 0.25) is 5.95 Å². The van der Waals surface area contributed by atoms with Crippen LogP contribution in [0.4, 0.5) is 8.78 Å². The summed E-state index contributed by atoms with van der Waals surface area (Å²) in [6, 6.07) is 2.35. The molecule has 0 bridgehead atoms. The molecule has 0 saturated heterocycles. The van der Waals surface area contributed by atoms with E-state index in [1.165, 1.54) is 34.4 Å². The predicted octanol–water partition coefficient (Wildman–Crippen LogP) is 3.39. The summed E-state index contributed by atoms with van der Waals surface area (Å²) in [7, 11) is 0. The van der Waals surface area contributed by atoms with Crippen LogP contribution in [0, 0.1) is 18.7 Å². The van der Waals surface area contributed by atoms with E-state index in [0.717, 1.165) is 18.0 Å². The maximum absolute atomic E-state index is 13.3. The van der Waals surface area contributed by atoms with E-state index in [1.54, 1.807) is 0 Å². The van der Waals surface area contributed by atoms with E-state index in [1.807, 2.05) is 12.3 Å². The van der Waals surface area contributed by atoms with E-state index in [4.69, 9.17) is 4.74 Å². The fourth-order valence-electron chi connectivity index (χ4n) is 2.48. The Labute approximate surface area is 155 Å². The Hall–Kier alpha value is -3.27. The highest BCUT2D eigenvalue weighted by Crippen LogP contribution is 2.25. The summed E-state index contributed by atoms with van der Waals surface area (Å²) < 4.78 is 33.2. The average Bonchev–Trinajstić information content (AvgIpc) is 3.26. The molecule has 0 aromatic carbocycles. The smallest absolute Gasteiger partial charge is 0.249 e. The fraction of sp³-hybridized carbons (Fsp3) is 0.118. The van der Waals surface area contributed by atoms with Gasteiger partial charge in [-0.25, -0.2) is 23.9 Å². The molecule has 0 spiro atoms. The summed E-state index contributed by atoms with van der Waals surface area (Å²) in [4.78, 5) is 24.4. The van der Waals surface area contributed by atoms with Gasteiger partial charge in [0.05, 0.1) is 24.4 Å². The van der Waals surface area contributed by atoms with Crippen LogP contribution in [0.25, 0.3) is 5.65 Å². The second-order valence-electron chi connectivity index (χ2n) is 5.65. The molecule has 0 unspecified atom stereocenters. The van der Waals surface area contributed by atoms with E-state index >= 15 is 0 Å². The lowest BCUT2D eigenvalue weighted by Gasteiger charge is -2.08. The molecule has 27 heavy (non-hydrogen) atoms. The summed E-state index contributed by atoms with van der Waals surface area (Å²) in [5, 5.41) is 6.57. The quantitative estimate of drug-likeness (QED) is 0.386. The molecular weight excluding hydrogens is 376 g/mol. The average molecular weight is 387 g/mol. The van der Waals surface area contributed by atoms with Gasteiger partial charge in [-0.2, -0.15) is 9.49 Å². The number of nitrogens with zero attached hydrogens (tertiary/aromatic N) is 5. The maximum atomic E-state index is 13.3. The number of carbonyl (C=O) groups excluding carboxylic acids is 1. The zero-order valence-electron chi connectivity index (χ0n) is 13.9. The number of thiazole rings is 1. The van der Waals surface area contributed by atoms with Crippen LogP contribution in [0.5, 0.6) is 11.5 Å². The van der Waals surface area contributed by atoms with Crippen molar-refractivity contribution in [2.75, 3.05) is 0 Å². The van der Waals surface area contributed by atoms with Gasteiger partial charge in [0.15, 0.2) is 17.2 Å². The Kier molecular flexibility index (Phi) is 4.32. The molecule has 0 aliphatic rings. The van der Waals surface area contributed by atoms with Crippen molar-refractivity contribution in [2.45, 2.75) is 13.3 Å². The minimum Gasteiger partial charge on any atom is -0.454 e. The molecule has 136 valence electrons. The molecule has 0 aliphatic carbocycles. The minimum atomic E-state index is -1.22. The van der Waals surface area contributed by atoms with Gasteiger partial charge >= 0.3 is 0 Å². The summed E-state index contributed by atoms with van der Waals surface area (Å²) >= 11 is 1.40. The van der Waals surface area contributed by atoms with E-state index in [0.29, 0.717) is 10.7 Å². The topological polar surface area (TPSA) is 82.3 Å². The second-order valence-corrected chi connectivity index (χ2v) is 6.59. The van der Waals surface area contributed by atoms with Crippen molar-refractivity contribution in [1.29, 1.82) is 0 Å². The first-order valence-corrected chi connectivity index (χ1v) is 8.64. The highest BCUT2D eigenvalue weighted by atomic mass is 32.1. The highest BCUT2D eigenvalue weighted by molar-refractivity contribution is 7.09. The Balaban J connectivity index is 1.68. The van der Waals surface area contributed by atoms with Crippen LogP contribution in [0.15, 0.2) is 36.2 Å². The number of hydrogen-bond donors (Lipinski definition) is 0. The van der Waals surface area contributed by atoms with Crippen LogP contribution in [0.2, 0.25) is 0 Å². The normalized spacial score (nSPS) is 11.1. The lowest BCUT2D eigenvalue weighted by molar-refractivity contribution is 0.0993. The van der Waals surface area contributed by atoms with Crippen LogP contribution in [-0.4, -0.2) is 30.3 Å². The summed E-state index contributed by atoms with van der Waals surface area (Å²) in [5.41, 5.74) is 1.50. The molecular formula is C17H11F2N5O2S. The number of Topliss-reactive ketones (excluding diaryl/α,β-unsaturated/α-hetero) is 1. The van der Waals surface area contributed by atoms with E-state index in [9.17, 15) is 13.6 Å². The fourth-order valence-corrected chi connectivity index (χ4v) is 3.25. The van der Waals surface area contributed by atoms with Gasteiger partial charge in [-0.3, -0.25) is 4.79 Å². The van der Waals surface area contributed by atoms with Crippen molar-refractivity contribution >= 4 is 22.8 Å². The third-order valence-corrected chi connectivity index (χ3v) is 4.60. The third-order valence-electron chi connectivity index (χ3n) is 3.64. The Bertz CT molecular complexity index is 1160. The van der Waals surface area contributed by atoms with Gasteiger partial charge in [0.1, 0.15) is 22.8 Å². The molecule has 4 rings (SSSR count). The summed E-state index contributed by atoms with van der Waals surface area (Å²) in [6.07, 6.45) is 3.94. The molecule has 0 aliphatic heterocycles.